The summed E-state index contributed by atoms with van der Waals surface area (Å²) in [6.07, 6.45) is 3.48. The number of anilines is 1. The fourth-order valence-corrected chi connectivity index (χ4v) is 4.70. The van der Waals surface area contributed by atoms with E-state index in [1.807, 2.05) is 71.6 Å². The minimum Gasteiger partial charge on any atom is -0.493 e. The Labute approximate surface area is 204 Å². The van der Waals surface area contributed by atoms with Gasteiger partial charge in [-0.25, -0.2) is 4.98 Å². The second kappa shape index (κ2) is 12.2. The van der Waals surface area contributed by atoms with Crippen LogP contribution >= 0.6 is 11.8 Å². The topological polar surface area (TPSA) is 71.5 Å². The predicted octanol–water partition coefficient (Wildman–Crippen LogP) is 5.02. The van der Waals surface area contributed by atoms with Crippen molar-refractivity contribution in [3.8, 4) is 5.75 Å². The number of ether oxygens (including phenoxy) is 1. The molecule has 0 unspecified atom stereocenters. The van der Waals surface area contributed by atoms with Crippen molar-refractivity contribution < 1.29 is 14.3 Å². The number of nitrogens with zero attached hydrogens (tertiary/aromatic N) is 2. The first-order valence-corrected chi connectivity index (χ1v) is 12.6. The van der Waals surface area contributed by atoms with Crippen LogP contribution in [0.4, 0.5) is 5.69 Å². The number of pyridine rings is 1. The molecule has 1 aromatic heterocycles. The highest BCUT2D eigenvalue weighted by Gasteiger charge is 2.27. The van der Waals surface area contributed by atoms with Crippen LogP contribution in [0.5, 0.6) is 5.75 Å². The van der Waals surface area contributed by atoms with Crippen molar-refractivity contribution in [2.24, 2.45) is 5.92 Å². The molecule has 4 rings (SSSR count). The summed E-state index contributed by atoms with van der Waals surface area (Å²) in [7, 11) is 0. The van der Waals surface area contributed by atoms with Crippen molar-refractivity contribution in [2.75, 3.05) is 25.0 Å². The molecular formula is C27H29N3O3S. The Kier molecular flexibility index (Phi) is 8.57. The first kappa shape index (κ1) is 23.8. The van der Waals surface area contributed by atoms with E-state index in [9.17, 15) is 9.59 Å². The zero-order chi connectivity index (χ0) is 23.6. The van der Waals surface area contributed by atoms with E-state index in [0.717, 1.165) is 27.8 Å². The number of hydrogen-bond donors (Lipinski definition) is 1. The molecule has 176 valence electrons. The standard InChI is InChI=1S/C27H29N3O3S/c31-26(14-18-33-24-9-2-1-3-10-24)30-16-12-22(13-17-30)27(32)29-23-8-6-7-21(19-23)20-34-25-11-4-5-15-28-25/h1-11,15,19,22H,12-14,16-18,20H2,(H,29,32). The normalized spacial score (nSPS) is 13.9. The number of amides is 2. The van der Waals surface area contributed by atoms with Crippen LogP contribution in [-0.4, -0.2) is 41.4 Å². The molecule has 0 aliphatic carbocycles. The summed E-state index contributed by atoms with van der Waals surface area (Å²) in [4.78, 5) is 31.5. The summed E-state index contributed by atoms with van der Waals surface area (Å²) >= 11 is 1.67. The third-order valence-electron chi connectivity index (χ3n) is 5.77. The van der Waals surface area contributed by atoms with E-state index in [0.29, 0.717) is 39.0 Å². The molecule has 6 nitrogen and oxygen atoms in total. The number of para-hydroxylation sites is 1. The lowest BCUT2D eigenvalue weighted by molar-refractivity contribution is -0.135. The molecule has 1 aliphatic rings. The molecule has 34 heavy (non-hydrogen) atoms. The molecule has 2 aromatic carbocycles. The molecule has 1 saturated heterocycles. The van der Waals surface area contributed by atoms with Gasteiger partial charge in [0.2, 0.25) is 11.8 Å². The number of rotatable bonds is 9. The lowest BCUT2D eigenvalue weighted by atomic mass is 9.95. The molecule has 7 heteroatoms. The molecule has 0 radical (unpaired) electrons. The van der Waals surface area contributed by atoms with Gasteiger partial charge in [0.15, 0.2) is 0 Å². The summed E-state index contributed by atoms with van der Waals surface area (Å²) in [5, 5.41) is 4.04. The van der Waals surface area contributed by atoms with E-state index in [4.69, 9.17) is 4.74 Å². The minimum atomic E-state index is -0.0869. The van der Waals surface area contributed by atoms with Crippen LogP contribution in [-0.2, 0) is 15.3 Å². The van der Waals surface area contributed by atoms with E-state index in [1.54, 1.807) is 18.0 Å². The first-order valence-electron chi connectivity index (χ1n) is 11.6. The van der Waals surface area contributed by atoms with Gasteiger partial charge in [-0.1, -0.05) is 36.4 Å². The number of nitrogens with one attached hydrogen (secondary N) is 1. The molecule has 0 atom stereocenters. The van der Waals surface area contributed by atoms with E-state index >= 15 is 0 Å². The van der Waals surface area contributed by atoms with Gasteiger partial charge in [0.05, 0.1) is 18.1 Å². The molecule has 1 fully saturated rings. The molecule has 1 N–H and O–H groups in total. The maximum atomic E-state index is 12.8. The first-order chi connectivity index (χ1) is 16.7. The largest absolute Gasteiger partial charge is 0.493 e. The van der Waals surface area contributed by atoms with Gasteiger partial charge in [0.1, 0.15) is 5.75 Å². The van der Waals surface area contributed by atoms with E-state index in [1.165, 1.54) is 0 Å². The van der Waals surface area contributed by atoms with Crippen LogP contribution in [0.15, 0.2) is 84.0 Å². The zero-order valence-corrected chi connectivity index (χ0v) is 19.9. The molecule has 2 heterocycles. The number of carbonyl (C=O) groups is 2. The van der Waals surface area contributed by atoms with Crippen LogP contribution in [0.1, 0.15) is 24.8 Å². The molecular weight excluding hydrogens is 446 g/mol. The van der Waals surface area contributed by atoms with Gasteiger partial charge >= 0.3 is 0 Å². The number of carbonyl (C=O) groups excluding carboxylic acids is 2. The highest BCUT2D eigenvalue weighted by Crippen LogP contribution is 2.24. The van der Waals surface area contributed by atoms with Crippen molar-refractivity contribution in [3.63, 3.8) is 0 Å². The van der Waals surface area contributed by atoms with Gasteiger partial charge in [-0.15, -0.1) is 11.8 Å². The van der Waals surface area contributed by atoms with E-state index in [2.05, 4.69) is 16.4 Å². The van der Waals surface area contributed by atoms with Crippen molar-refractivity contribution in [1.29, 1.82) is 0 Å². The number of aromatic nitrogens is 1. The summed E-state index contributed by atoms with van der Waals surface area (Å²) < 4.78 is 5.63. The fraction of sp³-hybridized carbons (Fsp3) is 0.296. The number of likely N-dealkylation sites (tertiary alicyclic amines) is 1. The Bertz CT molecular complexity index is 1070. The van der Waals surface area contributed by atoms with Gasteiger partial charge in [-0.05, 0) is 54.8 Å². The third kappa shape index (κ3) is 7.09. The molecule has 0 bridgehead atoms. The summed E-state index contributed by atoms with van der Waals surface area (Å²) in [5.41, 5.74) is 1.94. The van der Waals surface area contributed by atoms with Crippen LogP contribution in [0.3, 0.4) is 0 Å². The van der Waals surface area contributed by atoms with Crippen molar-refractivity contribution in [1.82, 2.24) is 9.88 Å². The number of benzene rings is 2. The lowest BCUT2D eigenvalue weighted by Gasteiger charge is -2.31. The van der Waals surface area contributed by atoms with Crippen LogP contribution in [0.2, 0.25) is 0 Å². The average Bonchev–Trinajstić information content (AvgIpc) is 2.89. The van der Waals surface area contributed by atoms with E-state index in [-0.39, 0.29) is 17.7 Å². The number of thioether (sulfide) groups is 1. The summed E-state index contributed by atoms with van der Waals surface area (Å²) in [5.74, 6) is 1.57. The summed E-state index contributed by atoms with van der Waals surface area (Å²) in [6.45, 7) is 1.56. The van der Waals surface area contributed by atoms with Gasteiger partial charge in [0.25, 0.3) is 0 Å². The molecule has 0 saturated carbocycles. The minimum absolute atomic E-state index is 0.0223. The zero-order valence-electron chi connectivity index (χ0n) is 19.1. The Morgan fingerprint density at radius 1 is 1.00 bits per heavy atom. The quantitative estimate of drug-likeness (QED) is 0.440. The van der Waals surface area contributed by atoms with Crippen molar-refractivity contribution in [2.45, 2.75) is 30.0 Å². The van der Waals surface area contributed by atoms with Gasteiger partial charge in [-0.2, -0.15) is 0 Å². The molecule has 1 aliphatic heterocycles. The Morgan fingerprint density at radius 2 is 1.79 bits per heavy atom. The monoisotopic (exact) mass is 475 g/mol. The highest BCUT2D eigenvalue weighted by atomic mass is 32.2. The number of hydrogen-bond acceptors (Lipinski definition) is 5. The second-order valence-electron chi connectivity index (χ2n) is 8.21. The van der Waals surface area contributed by atoms with Gasteiger partial charge in [-0.3, -0.25) is 9.59 Å². The molecule has 2 amide bonds. The Balaban J connectivity index is 1.19. The van der Waals surface area contributed by atoms with Crippen LogP contribution < -0.4 is 10.1 Å². The van der Waals surface area contributed by atoms with Crippen LogP contribution in [0, 0.1) is 5.92 Å². The SMILES string of the molecule is O=C(Nc1cccc(CSc2ccccn2)c1)C1CCN(C(=O)CCOc2ccccc2)CC1. The molecule has 3 aromatic rings. The summed E-state index contributed by atoms with van der Waals surface area (Å²) in [6, 6.07) is 23.3. The number of piperidine rings is 1. The maximum absolute atomic E-state index is 12.8. The smallest absolute Gasteiger partial charge is 0.227 e. The van der Waals surface area contributed by atoms with Crippen LogP contribution in [0.25, 0.3) is 0 Å². The van der Waals surface area contributed by atoms with Crippen molar-refractivity contribution in [3.05, 3.63) is 84.6 Å². The maximum Gasteiger partial charge on any atom is 0.227 e. The fourth-order valence-electron chi connectivity index (χ4n) is 3.90. The Morgan fingerprint density at radius 3 is 2.56 bits per heavy atom. The van der Waals surface area contributed by atoms with Gasteiger partial charge < -0.3 is 15.0 Å². The Hall–Kier alpha value is -3.32. The molecule has 0 spiro atoms. The average molecular weight is 476 g/mol. The predicted molar refractivity (Wildman–Crippen MR) is 135 cm³/mol. The third-order valence-corrected chi connectivity index (χ3v) is 6.78. The van der Waals surface area contributed by atoms with Gasteiger partial charge in [0, 0.05) is 36.6 Å². The second-order valence-corrected chi connectivity index (χ2v) is 9.21. The van der Waals surface area contributed by atoms with E-state index < -0.39 is 0 Å². The van der Waals surface area contributed by atoms with Crippen molar-refractivity contribution >= 4 is 29.3 Å². The lowest BCUT2D eigenvalue weighted by Crippen LogP contribution is -2.41. The highest BCUT2D eigenvalue weighted by molar-refractivity contribution is 7.98.